The van der Waals surface area contributed by atoms with E-state index in [1.165, 1.54) is 4.90 Å². The molecule has 0 heterocycles. The molecule has 128 valence electrons. The molecule has 6 heteroatoms. The number of aliphatic carboxylic acids is 1. The van der Waals surface area contributed by atoms with Gasteiger partial charge in [0, 0.05) is 6.54 Å². The van der Waals surface area contributed by atoms with Crippen molar-refractivity contribution in [1.29, 1.82) is 0 Å². The minimum Gasteiger partial charge on any atom is -0.491 e. The standard InChI is InChI=1S/C17H26N2O4/c1-5-19(17(22)18-15(12(2)3)16(20)21)10-11-23-14-9-7-6-8-13(14)4/h6-9,12,15H,5,10-11H2,1-4H3,(H,18,22)(H,20,21)/t15-/m1/s1. The van der Waals surface area contributed by atoms with Crippen LogP contribution in [0.25, 0.3) is 0 Å². The van der Waals surface area contributed by atoms with Crippen molar-refractivity contribution < 1.29 is 19.4 Å². The third-order valence-electron chi connectivity index (χ3n) is 3.59. The number of carboxylic acids is 1. The number of rotatable bonds is 8. The van der Waals surface area contributed by atoms with Gasteiger partial charge >= 0.3 is 12.0 Å². The van der Waals surface area contributed by atoms with Gasteiger partial charge in [-0.1, -0.05) is 32.0 Å². The van der Waals surface area contributed by atoms with Gasteiger partial charge in [0.1, 0.15) is 18.4 Å². The predicted octanol–water partition coefficient (Wildman–Crippen LogP) is 2.51. The Hall–Kier alpha value is -2.24. The topological polar surface area (TPSA) is 78.9 Å². The van der Waals surface area contributed by atoms with Crippen LogP contribution in [0, 0.1) is 12.8 Å². The van der Waals surface area contributed by atoms with Gasteiger partial charge in [0.15, 0.2) is 0 Å². The molecule has 0 spiro atoms. The Morgan fingerprint density at radius 1 is 1.30 bits per heavy atom. The highest BCUT2D eigenvalue weighted by atomic mass is 16.5. The Morgan fingerprint density at radius 3 is 2.48 bits per heavy atom. The summed E-state index contributed by atoms with van der Waals surface area (Å²) in [5, 5.41) is 11.7. The molecule has 0 bridgehead atoms. The number of carbonyl (C=O) groups excluding carboxylic acids is 1. The van der Waals surface area contributed by atoms with Gasteiger partial charge in [0.05, 0.1) is 6.54 Å². The predicted molar refractivity (Wildman–Crippen MR) is 88.7 cm³/mol. The highest BCUT2D eigenvalue weighted by molar-refractivity contribution is 5.82. The van der Waals surface area contributed by atoms with Crippen molar-refractivity contribution in [3.63, 3.8) is 0 Å². The number of para-hydroxylation sites is 1. The van der Waals surface area contributed by atoms with Crippen molar-refractivity contribution in [2.45, 2.75) is 33.7 Å². The fourth-order valence-corrected chi connectivity index (χ4v) is 2.13. The number of carboxylic acid groups (broad SMARTS) is 1. The minimum absolute atomic E-state index is 0.182. The van der Waals surface area contributed by atoms with Crippen molar-refractivity contribution in [3.05, 3.63) is 29.8 Å². The molecule has 2 N–H and O–H groups in total. The molecule has 1 rings (SSSR count). The van der Waals surface area contributed by atoms with Crippen LogP contribution in [0.1, 0.15) is 26.3 Å². The van der Waals surface area contributed by atoms with Crippen LogP contribution in [0.15, 0.2) is 24.3 Å². The van der Waals surface area contributed by atoms with E-state index in [2.05, 4.69) is 5.32 Å². The molecular weight excluding hydrogens is 296 g/mol. The normalized spacial score (nSPS) is 11.9. The number of aryl methyl sites for hydroxylation is 1. The zero-order valence-corrected chi connectivity index (χ0v) is 14.2. The van der Waals surface area contributed by atoms with E-state index in [0.717, 1.165) is 11.3 Å². The van der Waals surface area contributed by atoms with E-state index in [9.17, 15) is 9.59 Å². The number of hydrogen-bond donors (Lipinski definition) is 2. The highest BCUT2D eigenvalue weighted by Crippen LogP contribution is 2.15. The summed E-state index contributed by atoms with van der Waals surface area (Å²) in [6.45, 7) is 8.55. The molecule has 1 aromatic carbocycles. The molecule has 1 atom stereocenters. The van der Waals surface area contributed by atoms with E-state index in [-0.39, 0.29) is 11.9 Å². The molecule has 0 radical (unpaired) electrons. The van der Waals surface area contributed by atoms with Crippen molar-refractivity contribution in [2.75, 3.05) is 19.7 Å². The van der Waals surface area contributed by atoms with Crippen molar-refractivity contribution >= 4 is 12.0 Å². The Morgan fingerprint density at radius 2 is 1.96 bits per heavy atom. The first-order valence-electron chi connectivity index (χ1n) is 7.83. The number of amides is 2. The summed E-state index contributed by atoms with van der Waals surface area (Å²) in [7, 11) is 0. The van der Waals surface area contributed by atoms with E-state index in [1.54, 1.807) is 13.8 Å². The SMILES string of the molecule is CCN(CCOc1ccccc1C)C(=O)N[C@@H](C(=O)O)C(C)C. The lowest BCUT2D eigenvalue weighted by atomic mass is 10.1. The molecule has 2 amide bonds. The molecule has 0 fully saturated rings. The molecule has 6 nitrogen and oxygen atoms in total. The van der Waals surface area contributed by atoms with E-state index < -0.39 is 12.0 Å². The fourth-order valence-electron chi connectivity index (χ4n) is 2.13. The first-order chi connectivity index (χ1) is 10.9. The molecule has 1 aromatic rings. The van der Waals surface area contributed by atoms with Gasteiger partial charge in [-0.25, -0.2) is 9.59 Å². The summed E-state index contributed by atoms with van der Waals surface area (Å²) in [6, 6.07) is 6.39. The van der Waals surface area contributed by atoms with Gasteiger partial charge in [-0.3, -0.25) is 0 Å². The van der Waals surface area contributed by atoms with Gasteiger partial charge in [-0.05, 0) is 31.4 Å². The molecule has 0 saturated carbocycles. The summed E-state index contributed by atoms with van der Waals surface area (Å²) < 4.78 is 5.68. The fraction of sp³-hybridized carbons (Fsp3) is 0.529. The van der Waals surface area contributed by atoms with Crippen LogP contribution in [0.4, 0.5) is 4.79 Å². The zero-order chi connectivity index (χ0) is 17.4. The summed E-state index contributed by atoms with van der Waals surface area (Å²) >= 11 is 0. The van der Waals surface area contributed by atoms with Crippen LogP contribution in [-0.2, 0) is 4.79 Å². The minimum atomic E-state index is -1.03. The molecular formula is C17H26N2O4. The number of nitrogens with one attached hydrogen (secondary N) is 1. The number of urea groups is 1. The number of nitrogens with zero attached hydrogens (tertiary/aromatic N) is 1. The summed E-state index contributed by atoms with van der Waals surface area (Å²) in [6.07, 6.45) is 0. The maximum atomic E-state index is 12.2. The average Bonchev–Trinajstić information content (AvgIpc) is 2.50. The van der Waals surface area contributed by atoms with Crippen LogP contribution in [0.2, 0.25) is 0 Å². The monoisotopic (exact) mass is 322 g/mol. The Labute approximate surface area is 137 Å². The third-order valence-corrected chi connectivity index (χ3v) is 3.59. The summed E-state index contributed by atoms with van der Waals surface area (Å²) in [5.41, 5.74) is 1.03. The van der Waals surface area contributed by atoms with Gasteiger partial charge in [0.25, 0.3) is 0 Å². The number of hydrogen-bond acceptors (Lipinski definition) is 3. The van der Waals surface area contributed by atoms with Crippen LogP contribution in [0.3, 0.4) is 0 Å². The highest BCUT2D eigenvalue weighted by Gasteiger charge is 2.25. The second-order valence-electron chi connectivity index (χ2n) is 5.70. The van der Waals surface area contributed by atoms with Gasteiger partial charge < -0.3 is 20.1 Å². The Bertz CT molecular complexity index is 531. The van der Waals surface area contributed by atoms with E-state index in [0.29, 0.717) is 19.7 Å². The molecule has 0 aromatic heterocycles. The number of carbonyl (C=O) groups is 2. The van der Waals surface area contributed by atoms with Gasteiger partial charge in [-0.2, -0.15) is 0 Å². The average molecular weight is 322 g/mol. The second kappa shape index (κ2) is 9.02. The molecule has 0 aliphatic carbocycles. The van der Waals surface area contributed by atoms with Crippen LogP contribution in [-0.4, -0.2) is 47.7 Å². The number of ether oxygens (including phenoxy) is 1. The van der Waals surface area contributed by atoms with Crippen LogP contribution < -0.4 is 10.1 Å². The molecule has 23 heavy (non-hydrogen) atoms. The van der Waals surface area contributed by atoms with Crippen molar-refractivity contribution in [1.82, 2.24) is 10.2 Å². The van der Waals surface area contributed by atoms with Gasteiger partial charge in [-0.15, -0.1) is 0 Å². The van der Waals surface area contributed by atoms with Crippen molar-refractivity contribution in [3.8, 4) is 5.75 Å². The molecule has 0 aliphatic heterocycles. The largest absolute Gasteiger partial charge is 0.491 e. The van der Waals surface area contributed by atoms with E-state index in [4.69, 9.17) is 9.84 Å². The summed E-state index contributed by atoms with van der Waals surface area (Å²) in [5.74, 6) is -0.423. The quantitative estimate of drug-likeness (QED) is 0.771. The number of likely N-dealkylation sites (N-methyl/N-ethyl adjacent to an activating group) is 1. The molecule has 0 saturated heterocycles. The van der Waals surface area contributed by atoms with E-state index >= 15 is 0 Å². The maximum Gasteiger partial charge on any atom is 0.326 e. The van der Waals surface area contributed by atoms with Crippen LogP contribution in [0.5, 0.6) is 5.75 Å². The molecule has 0 unspecified atom stereocenters. The lowest BCUT2D eigenvalue weighted by Crippen LogP contribution is -2.50. The Kier molecular flexibility index (Phi) is 7.38. The molecule has 0 aliphatic rings. The first kappa shape index (κ1) is 18.8. The van der Waals surface area contributed by atoms with Crippen molar-refractivity contribution in [2.24, 2.45) is 5.92 Å². The zero-order valence-electron chi connectivity index (χ0n) is 14.2. The van der Waals surface area contributed by atoms with E-state index in [1.807, 2.05) is 38.1 Å². The van der Waals surface area contributed by atoms with Crippen LogP contribution >= 0.6 is 0 Å². The third kappa shape index (κ3) is 5.81. The second-order valence-corrected chi connectivity index (χ2v) is 5.70. The first-order valence-corrected chi connectivity index (χ1v) is 7.83. The maximum absolute atomic E-state index is 12.2. The Balaban J connectivity index is 2.54. The lowest BCUT2D eigenvalue weighted by molar-refractivity contribution is -0.140. The smallest absolute Gasteiger partial charge is 0.326 e. The van der Waals surface area contributed by atoms with Gasteiger partial charge in [0.2, 0.25) is 0 Å². The number of benzene rings is 1. The lowest BCUT2D eigenvalue weighted by Gasteiger charge is -2.25. The summed E-state index contributed by atoms with van der Waals surface area (Å²) in [4.78, 5) is 24.9.